The number of carbonyl (C=O) groups is 2. The summed E-state index contributed by atoms with van der Waals surface area (Å²) in [5.41, 5.74) is 0. The van der Waals surface area contributed by atoms with Crippen LogP contribution in [0, 0.1) is 5.92 Å². The number of carbonyl (C=O) groups excluding carboxylic acids is 1. The van der Waals surface area contributed by atoms with E-state index >= 15 is 0 Å². The molecule has 98 valence electrons. The molecule has 0 aliphatic carbocycles. The predicted octanol–water partition coefficient (Wildman–Crippen LogP) is 0.734. The monoisotopic (exact) mass is 261 g/mol. The molecule has 1 heterocycles. The number of thioether (sulfide) groups is 1. The van der Waals surface area contributed by atoms with Gasteiger partial charge in [0.05, 0.1) is 11.9 Å². The average Bonchev–Trinajstić information content (AvgIpc) is 2.35. The maximum absolute atomic E-state index is 11.7. The predicted molar refractivity (Wildman–Crippen MR) is 66.1 cm³/mol. The summed E-state index contributed by atoms with van der Waals surface area (Å²) < 4.78 is 5.26. The fraction of sp³-hybridized carbons (Fsp3) is 0.818. The zero-order chi connectivity index (χ0) is 12.8. The van der Waals surface area contributed by atoms with E-state index in [0.717, 1.165) is 12.8 Å². The quantitative estimate of drug-likeness (QED) is 0.763. The zero-order valence-electron chi connectivity index (χ0n) is 10.1. The van der Waals surface area contributed by atoms with Crippen LogP contribution in [-0.4, -0.2) is 47.7 Å². The number of amides is 1. The first-order chi connectivity index (χ1) is 8.06. The number of nitrogens with one attached hydrogen (secondary N) is 1. The topological polar surface area (TPSA) is 75.6 Å². The summed E-state index contributed by atoms with van der Waals surface area (Å²) in [6.07, 6.45) is 3.46. The first kappa shape index (κ1) is 14.3. The van der Waals surface area contributed by atoms with E-state index in [0.29, 0.717) is 13.2 Å². The van der Waals surface area contributed by atoms with Crippen LogP contribution in [0.5, 0.6) is 0 Å². The minimum absolute atomic E-state index is 0.126. The lowest BCUT2D eigenvalue weighted by atomic mass is 9.93. The minimum Gasteiger partial charge on any atom is -0.480 e. The Balaban J connectivity index is 2.59. The van der Waals surface area contributed by atoms with Crippen molar-refractivity contribution in [3.8, 4) is 0 Å². The molecule has 1 aliphatic heterocycles. The molecular weight excluding hydrogens is 242 g/mol. The molecule has 0 radical (unpaired) electrons. The molecule has 0 spiro atoms. The molecule has 0 aromatic heterocycles. The van der Waals surface area contributed by atoms with Crippen LogP contribution in [-0.2, 0) is 14.3 Å². The van der Waals surface area contributed by atoms with E-state index < -0.39 is 12.0 Å². The van der Waals surface area contributed by atoms with Gasteiger partial charge in [-0.3, -0.25) is 4.79 Å². The standard InChI is InChI=1S/C11H19NO4S/c1-7(17-2)10(13)12-9(11(14)15)8-4-3-5-16-6-8/h7-9H,3-6H2,1-2H3,(H,12,13)(H,14,15). The Labute approximate surface area is 105 Å². The first-order valence-electron chi connectivity index (χ1n) is 5.70. The third-order valence-electron chi connectivity index (χ3n) is 2.95. The van der Waals surface area contributed by atoms with Crippen molar-refractivity contribution in [1.29, 1.82) is 0 Å². The molecule has 0 saturated carbocycles. The van der Waals surface area contributed by atoms with E-state index in [1.165, 1.54) is 11.8 Å². The summed E-state index contributed by atoms with van der Waals surface area (Å²) in [5, 5.41) is 11.5. The van der Waals surface area contributed by atoms with Gasteiger partial charge in [-0.1, -0.05) is 0 Å². The van der Waals surface area contributed by atoms with Crippen LogP contribution in [0.2, 0.25) is 0 Å². The highest BCUT2D eigenvalue weighted by atomic mass is 32.2. The molecule has 1 saturated heterocycles. The second-order valence-corrected chi connectivity index (χ2v) is 5.36. The van der Waals surface area contributed by atoms with Crippen LogP contribution >= 0.6 is 11.8 Å². The van der Waals surface area contributed by atoms with E-state index in [-0.39, 0.29) is 17.1 Å². The van der Waals surface area contributed by atoms with Crippen molar-refractivity contribution in [2.75, 3.05) is 19.5 Å². The van der Waals surface area contributed by atoms with Crippen LogP contribution in [0.15, 0.2) is 0 Å². The van der Waals surface area contributed by atoms with Gasteiger partial charge in [0.1, 0.15) is 6.04 Å². The highest BCUT2D eigenvalue weighted by Crippen LogP contribution is 2.18. The van der Waals surface area contributed by atoms with Gasteiger partial charge in [0, 0.05) is 12.5 Å². The maximum atomic E-state index is 11.7. The Hall–Kier alpha value is -0.750. The van der Waals surface area contributed by atoms with E-state index in [1.54, 1.807) is 6.92 Å². The summed E-state index contributed by atoms with van der Waals surface area (Å²) in [6.45, 7) is 2.85. The summed E-state index contributed by atoms with van der Waals surface area (Å²) in [6, 6.07) is -0.836. The molecule has 1 aliphatic rings. The molecule has 17 heavy (non-hydrogen) atoms. The molecule has 6 heteroatoms. The normalized spacial score (nSPS) is 23.8. The summed E-state index contributed by atoms with van der Waals surface area (Å²) >= 11 is 1.40. The number of carboxylic acids is 1. The van der Waals surface area contributed by atoms with E-state index in [1.807, 2.05) is 6.26 Å². The van der Waals surface area contributed by atoms with Crippen molar-refractivity contribution >= 4 is 23.6 Å². The van der Waals surface area contributed by atoms with Gasteiger partial charge in [-0.2, -0.15) is 11.8 Å². The third-order valence-corrected chi connectivity index (χ3v) is 3.87. The molecule has 2 N–H and O–H groups in total. The van der Waals surface area contributed by atoms with Gasteiger partial charge in [0.2, 0.25) is 5.91 Å². The number of hydrogen-bond donors (Lipinski definition) is 2. The zero-order valence-corrected chi connectivity index (χ0v) is 11.0. The van der Waals surface area contributed by atoms with Crippen molar-refractivity contribution in [2.24, 2.45) is 5.92 Å². The molecule has 1 amide bonds. The summed E-state index contributed by atoms with van der Waals surface area (Å²) in [4.78, 5) is 22.9. The molecular formula is C11H19NO4S. The molecule has 1 rings (SSSR count). The lowest BCUT2D eigenvalue weighted by molar-refractivity contribution is -0.145. The van der Waals surface area contributed by atoms with Crippen molar-refractivity contribution in [2.45, 2.75) is 31.1 Å². The summed E-state index contributed by atoms with van der Waals surface area (Å²) in [5.74, 6) is -1.34. The van der Waals surface area contributed by atoms with Gasteiger partial charge in [0.15, 0.2) is 0 Å². The number of carboxylic acid groups (broad SMARTS) is 1. The van der Waals surface area contributed by atoms with Crippen LogP contribution in [0.25, 0.3) is 0 Å². The molecule has 0 aromatic carbocycles. The van der Waals surface area contributed by atoms with Gasteiger partial charge in [0.25, 0.3) is 0 Å². The van der Waals surface area contributed by atoms with Gasteiger partial charge < -0.3 is 15.2 Å². The number of aliphatic carboxylic acids is 1. The van der Waals surface area contributed by atoms with E-state index in [2.05, 4.69) is 5.32 Å². The molecule has 0 aromatic rings. The fourth-order valence-electron chi connectivity index (χ4n) is 1.79. The Morgan fingerprint density at radius 2 is 2.24 bits per heavy atom. The van der Waals surface area contributed by atoms with Crippen molar-refractivity contribution in [1.82, 2.24) is 5.32 Å². The molecule has 3 atom stereocenters. The number of hydrogen-bond acceptors (Lipinski definition) is 4. The Morgan fingerprint density at radius 3 is 2.71 bits per heavy atom. The average molecular weight is 261 g/mol. The Morgan fingerprint density at radius 1 is 1.53 bits per heavy atom. The largest absolute Gasteiger partial charge is 0.480 e. The van der Waals surface area contributed by atoms with Crippen LogP contribution in [0.1, 0.15) is 19.8 Å². The third kappa shape index (κ3) is 4.20. The SMILES string of the molecule is CSC(C)C(=O)NC(C(=O)O)C1CCCOC1. The molecule has 5 nitrogen and oxygen atoms in total. The van der Waals surface area contributed by atoms with Gasteiger partial charge in [-0.05, 0) is 26.0 Å². The lowest BCUT2D eigenvalue weighted by Gasteiger charge is -2.28. The smallest absolute Gasteiger partial charge is 0.326 e. The van der Waals surface area contributed by atoms with E-state index in [4.69, 9.17) is 9.84 Å². The van der Waals surface area contributed by atoms with Crippen molar-refractivity contribution in [3.05, 3.63) is 0 Å². The van der Waals surface area contributed by atoms with Gasteiger partial charge in [-0.25, -0.2) is 4.79 Å². The maximum Gasteiger partial charge on any atom is 0.326 e. The highest BCUT2D eigenvalue weighted by molar-refractivity contribution is 7.99. The molecule has 3 unspecified atom stereocenters. The number of ether oxygens (including phenoxy) is 1. The summed E-state index contributed by atoms with van der Waals surface area (Å²) in [7, 11) is 0. The Bertz CT molecular complexity index is 279. The van der Waals surface area contributed by atoms with Crippen LogP contribution in [0.4, 0.5) is 0 Å². The van der Waals surface area contributed by atoms with Crippen molar-refractivity contribution in [3.63, 3.8) is 0 Å². The first-order valence-corrected chi connectivity index (χ1v) is 6.98. The van der Waals surface area contributed by atoms with Gasteiger partial charge in [-0.15, -0.1) is 0 Å². The van der Waals surface area contributed by atoms with Crippen LogP contribution in [0.3, 0.4) is 0 Å². The second-order valence-electron chi connectivity index (χ2n) is 4.18. The number of rotatable bonds is 5. The van der Waals surface area contributed by atoms with E-state index in [9.17, 15) is 9.59 Å². The highest BCUT2D eigenvalue weighted by Gasteiger charge is 2.32. The van der Waals surface area contributed by atoms with Crippen molar-refractivity contribution < 1.29 is 19.4 Å². The van der Waals surface area contributed by atoms with Crippen LogP contribution < -0.4 is 5.32 Å². The lowest BCUT2D eigenvalue weighted by Crippen LogP contribution is -2.50. The Kier molecular flexibility index (Phi) is 5.77. The second kappa shape index (κ2) is 6.86. The van der Waals surface area contributed by atoms with Gasteiger partial charge >= 0.3 is 5.97 Å². The molecule has 0 bridgehead atoms. The molecule has 1 fully saturated rings. The minimum atomic E-state index is -0.984. The fourth-order valence-corrected chi connectivity index (χ4v) is 2.07.